The SMILES string of the molecule is COc1ccc(OCc2nnc3n2N=C(c2ccccc2)[C@@H](CC(=O)[O-])S3)cc1. The molecule has 2 aromatic carbocycles. The average molecular weight is 409 g/mol. The van der Waals surface area contributed by atoms with Crippen molar-refractivity contribution in [1.29, 1.82) is 0 Å². The molecule has 4 rings (SSSR count). The molecule has 0 unspecified atom stereocenters. The summed E-state index contributed by atoms with van der Waals surface area (Å²) in [6.07, 6.45) is -0.164. The Balaban J connectivity index is 1.60. The summed E-state index contributed by atoms with van der Waals surface area (Å²) in [5.41, 5.74) is 1.48. The fourth-order valence-corrected chi connectivity index (χ4v) is 3.98. The average Bonchev–Trinajstić information content (AvgIpc) is 3.14. The lowest BCUT2D eigenvalue weighted by Gasteiger charge is -2.23. The topological polar surface area (TPSA) is 102 Å². The second-order valence-corrected chi connectivity index (χ2v) is 7.38. The van der Waals surface area contributed by atoms with E-state index in [2.05, 4.69) is 15.3 Å². The number of carboxylic acid groups (broad SMARTS) is 1. The normalized spacial score (nSPS) is 15.3. The van der Waals surface area contributed by atoms with Crippen LogP contribution in [-0.2, 0) is 11.4 Å². The number of ether oxygens (including phenoxy) is 2. The zero-order valence-electron chi connectivity index (χ0n) is 15.5. The minimum Gasteiger partial charge on any atom is -0.550 e. The Morgan fingerprint density at radius 2 is 1.83 bits per heavy atom. The molecule has 0 N–H and O–H groups in total. The zero-order chi connectivity index (χ0) is 20.2. The van der Waals surface area contributed by atoms with E-state index in [1.807, 2.05) is 30.3 Å². The quantitative estimate of drug-likeness (QED) is 0.586. The summed E-state index contributed by atoms with van der Waals surface area (Å²) in [5, 5.41) is 24.3. The Bertz CT molecular complexity index is 1030. The predicted octanol–water partition coefficient (Wildman–Crippen LogP) is 1.73. The third-order valence-corrected chi connectivity index (χ3v) is 5.43. The van der Waals surface area contributed by atoms with Gasteiger partial charge in [-0.1, -0.05) is 42.1 Å². The number of carbonyl (C=O) groups is 1. The van der Waals surface area contributed by atoms with E-state index in [0.29, 0.717) is 22.4 Å². The maximum Gasteiger partial charge on any atom is 0.212 e. The molecule has 1 aliphatic rings. The van der Waals surface area contributed by atoms with Gasteiger partial charge in [-0.2, -0.15) is 9.78 Å². The molecule has 0 fully saturated rings. The molecule has 0 bridgehead atoms. The van der Waals surface area contributed by atoms with E-state index in [1.54, 1.807) is 36.1 Å². The van der Waals surface area contributed by atoms with E-state index < -0.39 is 11.2 Å². The summed E-state index contributed by atoms with van der Waals surface area (Å²) >= 11 is 1.30. The Labute approximate surface area is 171 Å². The molecule has 3 aromatic rings. The molecule has 0 radical (unpaired) electrons. The van der Waals surface area contributed by atoms with Gasteiger partial charge in [0.2, 0.25) is 5.16 Å². The summed E-state index contributed by atoms with van der Waals surface area (Å²) in [6, 6.07) is 16.7. The van der Waals surface area contributed by atoms with Crippen molar-refractivity contribution in [2.45, 2.75) is 23.4 Å². The van der Waals surface area contributed by atoms with Crippen LogP contribution in [-0.4, -0.2) is 38.9 Å². The summed E-state index contributed by atoms with van der Waals surface area (Å²) < 4.78 is 12.5. The summed E-state index contributed by atoms with van der Waals surface area (Å²) in [5.74, 6) is 0.782. The van der Waals surface area contributed by atoms with E-state index >= 15 is 0 Å². The van der Waals surface area contributed by atoms with Crippen molar-refractivity contribution in [2.24, 2.45) is 5.10 Å². The fraction of sp³-hybridized carbons (Fsp3) is 0.200. The Kier molecular flexibility index (Phi) is 5.48. The first-order valence-electron chi connectivity index (χ1n) is 8.86. The van der Waals surface area contributed by atoms with Gasteiger partial charge in [0.05, 0.1) is 18.1 Å². The summed E-state index contributed by atoms with van der Waals surface area (Å²) in [4.78, 5) is 11.2. The van der Waals surface area contributed by atoms with Gasteiger partial charge in [-0.25, -0.2) is 0 Å². The van der Waals surface area contributed by atoms with Crippen molar-refractivity contribution in [2.75, 3.05) is 7.11 Å². The number of thioether (sulfide) groups is 1. The van der Waals surface area contributed by atoms with Crippen LogP contribution in [0.3, 0.4) is 0 Å². The lowest BCUT2D eigenvalue weighted by Crippen LogP contribution is -2.33. The highest BCUT2D eigenvalue weighted by Crippen LogP contribution is 2.32. The molecule has 1 aliphatic heterocycles. The molecule has 29 heavy (non-hydrogen) atoms. The summed E-state index contributed by atoms with van der Waals surface area (Å²) in [7, 11) is 1.60. The highest BCUT2D eigenvalue weighted by molar-refractivity contribution is 8.00. The van der Waals surface area contributed by atoms with Gasteiger partial charge in [0.15, 0.2) is 5.82 Å². The van der Waals surface area contributed by atoms with Crippen molar-refractivity contribution in [3.63, 3.8) is 0 Å². The predicted molar refractivity (Wildman–Crippen MR) is 105 cm³/mol. The Hall–Kier alpha value is -3.33. The first-order chi connectivity index (χ1) is 14.1. The first-order valence-corrected chi connectivity index (χ1v) is 9.74. The highest BCUT2D eigenvalue weighted by Gasteiger charge is 2.29. The van der Waals surface area contributed by atoms with Gasteiger partial charge in [-0.05, 0) is 29.8 Å². The molecule has 1 aromatic heterocycles. The third-order valence-electron chi connectivity index (χ3n) is 4.29. The fourth-order valence-electron chi connectivity index (χ4n) is 2.88. The van der Waals surface area contributed by atoms with Crippen LogP contribution in [0.5, 0.6) is 11.5 Å². The molecule has 9 heteroatoms. The van der Waals surface area contributed by atoms with Gasteiger partial charge in [0.1, 0.15) is 18.1 Å². The lowest BCUT2D eigenvalue weighted by molar-refractivity contribution is -0.305. The Morgan fingerprint density at radius 3 is 2.52 bits per heavy atom. The second-order valence-electron chi connectivity index (χ2n) is 6.21. The number of hydrogen-bond acceptors (Lipinski definition) is 8. The molecule has 148 valence electrons. The largest absolute Gasteiger partial charge is 0.550 e. The Morgan fingerprint density at radius 1 is 1.10 bits per heavy atom. The van der Waals surface area contributed by atoms with Crippen LogP contribution in [0.1, 0.15) is 17.8 Å². The number of carbonyl (C=O) groups excluding carboxylic acids is 1. The molecule has 0 saturated heterocycles. The number of hydrogen-bond donors (Lipinski definition) is 0. The molecule has 0 spiro atoms. The molecular formula is C20H17N4O4S-. The number of fused-ring (bicyclic) bond motifs is 1. The van der Waals surface area contributed by atoms with Crippen LogP contribution >= 0.6 is 11.8 Å². The lowest BCUT2D eigenvalue weighted by atomic mass is 10.1. The zero-order valence-corrected chi connectivity index (χ0v) is 16.3. The van der Waals surface area contributed by atoms with E-state index in [4.69, 9.17) is 9.47 Å². The number of carboxylic acids is 1. The van der Waals surface area contributed by atoms with Crippen molar-refractivity contribution >= 4 is 23.4 Å². The van der Waals surface area contributed by atoms with Gasteiger partial charge < -0.3 is 19.4 Å². The van der Waals surface area contributed by atoms with Gasteiger partial charge in [-0.15, -0.1) is 10.2 Å². The maximum atomic E-state index is 11.2. The van der Waals surface area contributed by atoms with E-state index in [1.165, 1.54) is 11.8 Å². The molecular weight excluding hydrogens is 392 g/mol. The highest BCUT2D eigenvalue weighted by atomic mass is 32.2. The number of aliphatic carboxylic acids is 1. The number of nitrogens with zero attached hydrogens (tertiary/aromatic N) is 4. The number of benzene rings is 2. The molecule has 1 atom stereocenters. The van der Waals surface area contributed by atoms with E-state index in [9.17, 15) is 9.90 Å². The van der Waals surface area contributed by atoms with Crippen LogP contribution in [0.15, 0.2) is 64.9 Å². The molecule has 0 saturated carbocycles. The van der Waals surface area contributed by atoms with Crippen LogP contribution < -0.4 is 14.6 Å². The standard InChI is InChI=1S/C20H18N4O4S/c1-27-14-7-9-15(10-8-14)28-12-17-21-22-20-24(17)23-19(13-5-3-2-4-6-13)16(29-20)11-18(25)26/h2-10,16H,11-12H2,1H3,(H,25,26)/p-1/t16-/m1/s1. The summed E-state index contributed by atoms with van der Waals surface area (Å²) in [6.45, 7) is 0.163. The van der Waals surface area contributed by atoms with Crippen LogP contribution in [0.2, 0.25) is 0 Å². The van der Waals surface area contributed by atoms with Crippen LogP contribution in [0, 0.1) is 0 Å². The molecule has 2 heterocycles. The van der Waals surface area contributed by atoms with Gasteiger partial charge in [0.25, 0.3) is 0 Å². The second kappa shape index (κ2) is 8.36. The van der Waals surface area contributed by atoms with Gasteiger partial charge >= 0.3 is 0 Å². The molecule has 8 nitrogen and oxygen atoms in total. The van der Waals surface area contributed by atoms with E-state index in [-0.39, 0.29) is 13.0 Å². The number of rotatable bonds is 7. The smallest absolute Gasteiger partial charge is 0.212 e. The van der Waals surface area contributed by atoms with Crippen molar-refractivity contribution < 1.29 is 19.4 Å². The number of methoxy groups -OCH3 is 1. The first kappa shape index (κ1) is 19.0. The van der Waals surface area contributed by atoms with Gasteiger partial charge in [0, 0.05) is 12.4 Å². The van der Waals surface area contributed by atoms with Crippen LogP contribution in [0.25, 0.3) is 0 Å². The van der Waals surface area contributed by atoms with Gasteiger partial charge in [-0.3, -0.25) is 0 Å². The monoisotopic (exact) mass is 409 g/mol. The minimum absolute atomic E-state index is 0.163. The third kappa shape index (κ3) is 4.24. The van der Waals surface area contributed by atoms with Crippen molar-refractivity contribution in [3.05, 3.63) is 66.0 Å². The number of aromatic nitrogens is 3. The van der Waals surface area contributed by atoms with Crippen LogP contribution in [0.4, 0.5) is 0 Å². The molecule has 0 aliphatic carbocycles. The maximum absolute atomic E-state index is 11.2. The van der Waals surface area contributed by atoms with Crippen molar-refractivity contribution in [3.8, 4) is 11.5 Å². The molecule has 0 amide bonds. The minimum atomic E-state index is -1.14. The van der Waals surface area contributed by atoms with Crippen molar-refractivity contribution in [1.82, 2.24) is 14.9 Å². The van der Waals surface area contributed by atoms with E-state index in [0.717, 1.165) is 11.3 Å².